The number of nitrogens with one attached hydrogen (secondary N) is 4. The Labute approximate surface area is 216 Å². The fourth-order valence-electron chi connectivity index (χ4n) is 4.95. The third kappa shape index (κ3) is 6.21. The summed E-state index contributed by atoms with van der Waals surface area (Å²) in [4.78, 5) is 61.9. The van der Waals surface area contributed by atoms with Gasteiger partial charge in [0.1, 0.15) is 5.70 Å². The monoisotopic (exact) mass is 547 g/mol. The van der Waals surface area contributed by atoms with Gasteiger partial charge in [0.15, 0.2) is 0 Å². The van der Waals surface area contributed by atoms with Crippen LogP contribution in [-0.4, -0.2) is 101 Å². The van der Waals surface area contributed by atoms with Crippen LogP contribution in [0, 0.1) is 11.8 Å². The first-order valence-electron chi connectivity index (χ1n) is 11.9. The van der Waals surface area contributed by atoms with Crippen LogP contribution in [0.1, 0.15) is 26.7 Å². The molecular weight excluding hydrogens is 516 g/mol. The lowest BCUT2D eigenvalue weighted by molar-refractivity contribution is -0.159. The van der Waals surface area contributed by atoms with Crippen molar-refractivity contribution in [3.63, 3.8) is 0 Å². The number of alkyl halides is 2. The molecule has 0 radical (unpaired) electrons. The summed E-state index contributed by atoms with van der Waals surface area (Å²) in [5, 5.41) is 28.7. The zero-order valence-electron chi connectivity index (χ0n) is 20.3. The normalized spacial score (nSPS) is 27.6. The summed E-state index contributed by atoms with van der Waals surface area (Å²) in [7, 11) is 0. The molecular formula is C22H31F2N5O7S. The van der Waals surface area contributed by atoms with Crippen molar-refractivity contribution in [2.45, 2.75) is 56.5 Å². The molecule has 3 aliphatic heterocycles. The number of aliphatic hydroxyl groups is 1. The number of carbonyl (C=O) groups excluding carboxylic acids is 4. The maximum Gasteiger partial charge on any atom is 0.353 e. The number of aliphatic carboxylic acids is 1. The molecule has 0 aromatic carbocycles. The van der Waals surface area contributed by atoms with E-state index in [2.05, 4.69) is 21.3 Å². The lowest BCUT2D eigenvalue weighted by atomic mass is 9.78. The third-order valence-electron chi connectivity index (χ3n) is 6.68. The standard InChI is InChI=1S/C22H31F2N5O7S/c1-9-15-14(10(2)28-20(33)18(23)24)21(34)29(15)16(22(35)36)17(9)37-11-7-12(27-8-11)19(32)26-4-3-13(31)25-5-6-30/h9-12,14-15,18,27,30H,3-8H2,1-2H3,(H,25,31)(H,26,32)(H,28,33)(H,35,36)/t9-,10-,11+,12+,14-,15+/m1/s1. The summed E-state index contributed by atoms with van der Waals surface area (Å²) >= 11 is 1.27. The number of halogens is 2. The fraction of sp³-hybridized carbons (Fsp3) is 0.682. The maximum absolute atomic E-state index is 12.8. The van der Waals surface area contributed by atoms with Gasteiger partial charge in [-0.25, -0.2) is 4.79 Å². The van der Waals surface area contributed by atoms with Crippen LogP contribution in [0.25, 0.3) is 0 Å². The van der Waals surface area contributed by atoms with E-state index >= 15 is 0 Å². The van der Waals surface area contributed by atoms with Crippen molar-refractivity contribution in [2.75, 3.05) is 26.2 Å². The number of hydrogen-bond donors (Lipinski definition) is 6. The first-order valence-corrected chi connectivity index (χ1v) is 12.8. The van der Waals surface area contributed by atoms with Gasteiger partial charge in [-0.1, -0.05) is 6.92 Å². The zero-order chi connectivity index (χ0) is 27.4. The van der Waals surface area contributed by atoms with Crippen LogP contribution in [0.2, 0.25) is 0 Å². The number of aliphatic hydroxyl groups excluding tert-OH is 1. The molecule has 4 amide bonds. The predicted molar refractivity (Wildman–Crippen MR) is 127 cm³/mol. The van der Waals surface area contributed by atoms with Crippen molar-refractivity contribution < 1.29 is 43.0 Å². The molecule has 0 spiro atoms. The molecule has 6 N–H and O–H groups in total. The van der Waals surface area contributed by atoms with E-state index in [0.717, 1.165) is 0 Å². The molecule has 0 aromatic rings. The SMILES string of the molecule is C[C@@H](NC(=O)C(F)F)[C@H]1C(=O)N2C(C(=O)O)=C(S[C@@H]3CN[C@H](C(=O)NCCC(=O)NCCO)C3)[C@H](C)[C@@H]12. The van der Waals surface area contributed by atoms with Crippen LogP contribution in [-0.2, 0) is 24.0 Å². The molecule has 0 bridgehead atoms. The van der Waals surface area contributed by atoms with Crippen molar-refractivity contribution in [3.8, 4) is 0 Å². The summed E-state index contributed by atoms with van der Waals surface area (Å²) in [6.07, 6.45) is -2.78. The number of carbonyl (C=O) groups is 5. The lowest BCUT2D eigenvalue weighted by Crippen LogP contribution is -2.66. The van der Waals surface area contributed by atoms with Crippen LogP contribution in [0.15, 0.2) is 10.6 Å². The highest BCUT2D eigenvalue weighted by Crippen LogP contribution is 2.51. The van der Waals surface area contributed by atoms with Gasteiger partial charge in [0.25, 0.3) is 5.91 Å². The minimum absolute atomic E-state index is 0.0611. The summed E-state index contributed by atoms with van der Waals surface area (Å²) < 4.78 is 25.3. The number of hydrogen-bond acceptors (Lipinski definition) is 8. The van der Waals surface area contributed by atoms with E-state index in [9.17, 15) is 37.9 Å². The van der Waals surface area contributed by atoms with Gasteiger partial charge in [0.05, 0.1) is 24.6 Å². The van der Waals surface area contributed by atoms with Crippen LogP contribution in [0.5, 0.6) is 0 Å². The van der Waals surface area contributed by atoms with Crippen molar-refractivity contribution in [2.24, 2.45) is 11.8 Å². The van der Waals surface area contributed by atoms with Gasteiger partial charge in [0.2, 0.25) is 17.7 Å². The molecule has 6 atom stereocenters. The van der Waals surface area contributed by atoms with Crippen LogP contribution in [0.3, 0.4) is 0 Å². The topological polar surface area (TPSA) is 177 Å². The van der Waals surface area contributed by atoms with E-state index in [-0.39, 0.29) is 48.9 Å². The Balaban J connectivity index is 1.59. The summed E-state index contributed by atoms with van der Waals surface area (Å²) in [6.45, 7) is 3.69. The molecule has 2 saturated heterocycles. The second kappa shape index (κ2) is 12.2. The Hall–Kier alpha value is -2.78. The van der Waals surface area contributed by atoms with Gasteiger partial charge in [0, 0.05) is 48.2 Å². The van der Waals surface area contributed by atoms with Gasteiger partial charge in [-0.05, 0) is 13.3 Å². The van der Waals surface area contributed by atoms with E-state index in [1.54, 1.807) is 6.92 Å². The highest BCUT2D eigenvalue weighted by molar-refractivity contribution is 8.03. The number of nitrogens with zero attached hydrogens (tertiary/aromatic N) is 1. The average Bonchev–Trinajstić information content (AvgIpc) is 3.39. The Morgan fingerprint density at radius 2 is 1.92 bits per heavy atom. The number of amides is 4. The number of rotatable bonds is 12. The molecule has 2 fully saturated rings. The largest absolute Gasteiger partial charge is 0.477 e. The van der Waals surface area contributed by atoms with Crippen molar-refractivity contribution in [1.82, 2.24) is 26.2 Å². The van der Waals surface area contributed by atoms with E-state index in [0.29, 0.717) is 17.9 Å². The third-order valence-corrected chi connectivity index (χ3v) is 8.20. The predicted octanol–water partition coefficient (Wildman–Crippen LogP) is -1.39. The molecule has 0 saturated carbocycles. The van der Waals surface area contributed by atoms with E-state index in [1.165, 1.54) is 23.6 Å². The van der Waals surface area contributed by atoms with Gasteiger partial charge < -0.3 is 36.4 Å². The Morgan fingerprint density at radius 3 is 2.54 bits per heavy atom. The quantitative estimate of drug-likeness (QED) is 0.161. The Kier molecular flexibility index (Phi) is 9.47. The van der Waals surface area contributed by atoms with E-state index in [1.807, 2.05) is 0 Å². The molecule has 206 valence electrons. The molecule has 0 unspecified atom stereocenters. The van der Waals surface area contributed by atoms with Gasteiger partial charge in [-0.3, -0.25) is 19.2 Å². The van der Waals surface area contributed by atoms with Gasteiger partial charge >= 0.3 is 12.4 Å². The maximum atomic E-state index is 12.8. The second-order valence-electron chi connectivity index (χ2n) is 9.18. The minimum atomic E-state index is -3.23. The van der Waals surface area contributed by atoms with E-state index < -0.39 is 54.2 Å². The summed E-state index contributed by atoms with van der Waals surface area (Å²) in [5.41, 5.74) is -0.155. The first kappa shape index (κ1) is 28.8. The smallest absolute Gasteiger partial charge is 0.353 e. The number of carboxylic acid groups (broad SMARTS) is 1. The second-order valence-corrected chi connectivity index (χ2v) is 10.5. The molecule has 3 rings (SSSR count). The minimum Gasteiger partial charge on any atom is -0.477 e. The first-order chi connectivity index (χ1) is 17.5. The van der Waals surface area contributed by atoms with Gasteiger partial charge in [-0.2, -0.15) is 8.78 Å². The van der Waals surface area contributed by atoms with Crippen molar-refractivity contribution in [3.05, 3.63) is 10.6 Å². The van der Waals surface area contributed by atoms with Gasteiger partial charge in [-0.15, -0.1) is 11.8 Å². The van der Waals surface area contributed by atoms with Crippen LogP contribution in [0.4, 0.5) is 8.78 Å². The number of β-lactam (4-membered cyclic amide) rings is 1. The zero-order valence-corrected chi connectivity index (χ0v) is 21.1. The molecule has 3 heterocycles. The molecule has 0 aromatic heterocycles. The number of thioether (sulfide) groups is 1. The number of carboxylic acids is 1. The fourth-order valence-corrected chi connectivity index (χ4v) is 6.43. The summed E-state index contributed by atoms with van der Waals surface area (Å²) in [6, 6.07) is -2.02. The van der Waals surface area contributed by atoms with Crippen LogP contribution < -0.4 is 21.3 Å². The van der Waals surface area contributed by atoms with E-state index in [4.69, 9.17) is 5.11 Å². The molecule has 15 heteroatoms. The molecule has 12 nitrogen and oxygen atoms in total. The highest BCUT2D eigenvalue weighted by atomic mass is 32.2. The lowest BCUT2D eigenvalue weighted by Gasteiger charge is -2.47. The number of fused-ring (bicyclic) bond motifs is 1. The molecule has 37 heavy (non-hydrogen) atoms. The van der Waals surface area contributed by atoms with Crippen molar-refractivity contribution in [1.29, 1.82) is 0 Å². The Bertz CT molecular complexity index is 981. The average molecular weight is 548 g/mol. The van der Waals surface area contributed by atoms with Crippen molar-refractivity contribution >= 4 is 41.4 Å². The molecule has 3 aliphatic rings. The Morgan fingerprint density at radius 1 is 1.22 bits per heavy atom. The molecule has 0 aliphatic carbocycles. The summed E-state index contributed by atoms with van der Waals surface area (Å²) in [5.74, 6) is -5.16. The van der Waals surface area contributed by atoms with Crippen LogP contribution >= 0.6 is 11.8 Å². The highest BCUT2D eigenvalue weighted by Gasteiger charge is 2.60.